The lowest BCUT2D eigenvalue weighted by Gasteiger charge is -2.29. The number of rotatable bonds is 14. The van der Waals surface area contributed by atoms with Gasteiger partial charge in [0.25, 0.3) is 11.8 Å². The fourth-order valence-corrected chi connectivity index (χ4v) is 5.49. The highest BCUT2D eigenvalue weighted by molar-refractivity contribution is 7.99. The third kappa shape index (κ3) is 7.24. The predicted molar refractivity (Wildman–Crippen MR) is 168 cm³/mol. The number of nitrogens with zero attached hydrogens (tertiary/aromatic N) is 4. The first kappa shape index (κ1) is 31.7. The number of anilines is 2. The average molecular weight is 609 g/mol. The zero-order chi connectivity index (χ0) is 30.9. The van der Waals surface area contributed by atoms with Crippen molar-refractivity contribution in [2.24, 2.45) is 0 Å². The number of allylic oxidation sites excluding steroid dienone is 1. The van der Waals surface area contributed by atoms with Crippen molar-refractivity contribution in [2.45, 2.75) is 52.2 Å². The van der Waals surface area contributed by atoms with E-state index in [1.165, 1.54) is 0 Å². The van der Waals surface area contributed by atoms with Gasteiger partial charge in [0.05, 0.1) is 25.0 Å². The van der Waals surface area contributed by atoms with Crippen LogP contribution in [-0.2, 0) is 9.59 Å². The Bertz CT molecular complexity index is 1470. The van der Waals surface area contributed by atoms with Gasteiger partial charge in [-0.05, 0) is 63.9 Å². The summed E-state index contributed by atoms with van der Waals surface area (Å²) in [4.78, 5) is 32.9. The number of methoxy groups -OCH3 is 1. The number of para-hydroxylation sites is 2. The van der Waals surface area contributed by atoms with Crippen molar-refractivity contribution in [3.8, 4) is 17.2 Å². The molecule has 4 rings (SSSR count). The maximum Gasteiger partial charge on any atom is 0.260 e. The molecular formula is C31H40N6O5S. The number of amides is 2. The molecule has 2 heterocycles. The molecule has 1 aliphatic heterocycles. The second-order valence-corrected chi connectivity index (χ2v) is 10.8. The van der Waals surface area contributed by atoms with Crippen molar-refractivity contribution in [2.75, 3.05) is 49.8 Å². The number of benzene rings is 2. The molecule has 2 aromatic carbocycles. The highest BCUT2D eigenvalue weighted by Crippen LogP contribution is 2.40. The molecule has 12 heteroatoms. The first-order valence-corrected chi connectivity index (χ1v) is 15.5. The monoisotopic (exact) mass is 608 g/mol. The minimum absolute atomic E-state index is 0.108. The van der Waals surface area contributed by atoms with E-state index in [4.69, 9.17) is 24.3 Å². The number of nitrogens with one attached hydrogen (secondary N) is 2. The van der Waals surface area contributed by atoms with Gasteiger partial charge in [-0.1, -0.05) is 36.9 Å². The van der Waals surface area contributed by atoms with E-state index in [0.29, 0.717) is 65.0 Å². The molecule has 1 atom stereocenters. The highest BCUT2D eigenvalue weighted by Gasteiger charge is 2.35. The summed E-state index contributed by atoms with van der Waals surface area (Å²) >= 11 is 1.56. The van der Waals surface area contributed by atoms with Gasteiger partial charge in [0.1, 0.15) is 11.8 Å². The molecule has 0 radical (unpaired) electrons. The Kier molecular flexibility index (Phi) is 10.9. The number of carbonyl (C=O) groups is 2. The number of fused-ring (bicyclic) bond motifs is 1. The van der Waals surface area contributed by atoms with Crippen molar-refractivity contribution in [3.63, 3.8) is 0 Å². The van der Waals surface area contributed by atoms with Crippen LogP contribution in [0.2, 0.25) is 0 Å². The Hall–Kier alpha value is -4.19. The van der Waals surface area contributed by atoms with Crippen molar-refractivity contribution in [1.82, 2.24) is 19.7 Å². The maximum absolute atomic E-state index is 14.0. The molecule has 0 aliphatic carbocycles. The number of carbonyl (C=O) groups excluding carboxylic acids is 2. The minimum Gasteiger partial charge on any atom is -0.493 e. The van der Waals surface area contributed by atoms with Gasteiger partial charge in [-0.25, -0.2) is 4.68 Å². The third-order valence-corrected chi connectivity index (χ3v) is 7.96. The molecule has 1 aromatic heterocycles. The molecule has 11 nitrogen and oxygen atoms in total. The van der Waals surface area contributed by atoms with E-state index in [0.717, 1.165) is 17.7 Å². The molecule has 43 heavy (non-hydrogen) atoms. The number of ether oxygens (including phenoxy) is 3. The van der Waals surface area contributed by atoms with E-state index < -0.39 is 6.04 Å². The zero-order valence-corrected chi connectivity index (χ0v) is 26.4. The molecule has 2 amide bonds. The van der Waals surface area contributed by atoms with Crippen LogP contribution in [0.5, 0.6) is 17.2 Å². The van der Waals surface area contributed by atoms with Gasteiger partial charge < -0.3 is 29.7 Å². The van der Waals surface area contributed by atoms with E-state index in [2.05, 4.69) is 17.6 Å². The van der Waals surface area contributed by atoms with Crippen LogP contribution in [0.4, 0.5) is 11.6 Å². The fraction of sp³-hybridized carbons (Fsp3) is 0.419. The van der Waals surface area contributed by atoms with Gasteiger partial charge >= 0.3 is 0 Å². The average Bonchev–Trinajstić information content (AvgIpc) is 3.42. The third-order valence-electron chi connectivity index (χ3n) is 6.92. The summed E-state index contributed by atoms with van der Waals surface area (Å²) in [7, 11) is 1.54. The van der Waals surface area contributed by atoms with Crippen molar-refractivity contribution in [3.05, 3.63) is 59.3 Å². The standard InChI is InChI=1S/C31H40N6O5S/c1-7-17-43-31-34-30-32-20(5)27(29(39)33-22-13-11-12-14-23(22)41-10-4)28(37(30)35-31)21-15-16-24(25(18-21)40-6)42-19-26(38)36(8-2)9-3/h11-16,18,28H,7-10,17,19H2,1-6H3,(H,33,39)(H,32,34,35). The molecule has 3 aromatic rings. The largest absolute Gasteiger partial charge is 0.493 e. The summed E-state index contributed by atoms with van der Waals surface area (Å²) in [5, 5.41) is 11.7. The minimum atomic E-state index is -0.626. The first-order chi connectivity index (χ1) is 20.8. The SMILES string of the molecule is CCCSc1nc2n(n1)C(c1ccc(OCC(=O)N(CC)CC)c(OC)c1)C(C(=O)Nc1ccccc1OCC)=C(C)N2. The fourth-order valence-electron chi connectivity index (χ4n) is 4.81. The first-order valence-electron chi connectivity index (χ1n) is 14.5. The molecular weight excluding hydrogens is 568 g/mol. The Morgan fingerprint density at radius 2 is 1.81 bits per heavy atom. The molecule has 0 bridgehead atoms. The van der Waals surface area contributed by atoms with Crippen LogP contribution in [-0.4, -0.2) is 70.6 Å². The molecule has 0 saturated heterocycles. The van der Waals surface area contributed by atoms with Crippen LogP contribution in [0.3, 0.4) is 0 Å². The summed E-state index contributed by atoms with van der Waals surface area (Å²) in [6.07, 6.45) is 0.977. The second-order valence-electron chi connectivity index (χ2n) is 9.73. The van der Waals surface area contributed by atoms with E-state index in [-0.39, 0.29) is 18.4 Å². The van der Waals surface area contributed by atoms with E-state index >= 15 is 0 Å². The van der Waals surface area contributed by atoms with Crippen LogP contribution in [0, 0.1) is 0 Å². The lowest BCUT2D eigenvalue weighted by atomic mass is 9.94. The Labute approximate surface area is 257 Å². The van der Waals surface area contributed by atoms with Gasteiger partial charge in [0, 0.05) is 24.5 Å². The molecule has 230 valence electrons. The number of hydrogen-bond acceptors (Lipinski definition) is 9. The van der Waals surface area contributed by atoms with Crippen LogP contribution < -0.4 is 24.8 Å². The van der Waals surface area contributed by atoms with Crippen molar-refractivity contribution < 1.29 is 23.8 Å². The van der Waals surface area contributed by atoms with Crippen LogP contribution in [0.15, 0.2) is 58.9 Å². The summed E-state index contributed by atoms with van der Waals surface area (Å²) < 4.78 is 19.0. The maximum atomic E-state index is 14.0. The van der Waals surface area contributed by atoms with Gasteiger partial charge in [0.2, 0.25) is 11.1 Å². The summed E-state index contributed by atoms with van der Waals surface area (Å²) in [5.41, 5.74) is 2.41. The normalized spacial score (nSPS) is 14.0. The highest BCUT2D eigenvalue weighted by atomic mass is 32.2. The van der Waals surface area contributed by atoms with E-state index in [1.807, 2.05) is 58.0 Å². The molecule has 0 fully saturated rings. The van der Waals surface area contributed by atoms with Crippen molar-refractivity contribution >= 4 is 35.2 Å². The van der Waals surface area contributed by atoms with Gasteiger partial charge in [-0.15, -0.1) is 5.10 Å². The molecule has 2 N–H and O–H groups in total. The Balaban J connectivity index is 1.72. The Morgan fingerprint density at radius 3 is 2.51 bits per heavy atom. The van der Waals surface area contributed by atoms with E-state index in [9.17, 15) is 9.59 Å². The number of hydrogen-bond donors (Lipinski definition) is 2. The van der Waals surface area contributed by atoms with Gasteiger partial charge in [-0.3, -0.25) is 9.59 Å². The predicted octanol–water partition coefficient (Wildman–Crippen LogP) is 5.36. The van der Waals surface area contributed by atoms with Crippen LogP contribution in [0.1, 0.15) is 52.6 Å². The topological polar surface area (TPSA) is 120 Å². The quantitative estimate of drug-likeness (QED) is 0.233. The zero-order valence-electron chi connectivity index (χ0n) is 25.6. The number of aromatic nitrogens is 3. The van der Waals surface area contributed by atoms with Gasteiger partial charge in [0.15, 0.2) is 18.1 Å². The molecule has 0 saturated carbocycles. The lowest BCUT2D eigenvalue weighted by molar-refractivity contribution is -0.133. The lowest BCUT2D eigenvalue weighted by Crippen LogP contribution is -2.34. The second kappa shape index (κ2) is 14.8. The molecule has 1 unspecified atom stereocenters. The summed E-state index contributed by atoms with van der Waals surface area (Å²) in [6.45, 7) is 11.3. The number of likely N-dealkylation sites (N-methyl/N-ethyl adjacent to an activating group) is 1. The van der Waals surface area contributed by atoms with Crippen molar-refractivity contribution in [1.29, 1.82) is 0 Å². The van der Waals surface area contributed by atoms with E-state index in [1.54, 1.807) is 40.6 Å². The molecule has 1 aliphatic rings. The number of thioether (sulfide) groups is 1. The van der Waals surface area contributed by atoms with Crippen LogP contribution in [0.25, 0.3) is 0 Å². The smallest absolute Gasteiger partial charge is 0.260 e. The van der Waals surface area contributed by atoms with Gasteiger partial charge in [-0.2, -0.15) is 4.98 Å². The summed E-state index contributed by atoms with van der Waals surface area (Å²) in [6, 6.07) is 12.1. The van der Waals surface area contributed by atoms with Crippen LogP contribution >= 0.6 is 11.8 Å². The summed E-state index contributed by atoms with van der Waals surface area (Å²) in [5.74, 6) is 2.43. The molecule has 0 spiro atoms. The Morgan fingerprint density at radius 1 is 1.05 bits per heavy atom.